The van der Waals surface area contributed by atoms with Crippen LogP contribution in [0.2, 0.25) is 0 Å². The first-order chi connectivity index (χ1) is 6.74. The molecule has 0 spiro atoms. The van der Waals surface area contributed by atoms with Crippen molar-refractivity contribution in [3.05, 3.63) is 11.8 Å². The number of nitrogens with zero attached hydrogens (tertiary/aromatic N) is 2. The normalized spacial score (nSPS) is 20.1. The number of aryl methyl sites for hydroxylation is 1. The van der Waals surface area contributed by atoms with Crippen molar-refractivity contribution in [3.63, 3.8) is 0 Å². The van der Waals surface area contributed by atoms with Gasteiger partial charge in [-0.1, -0.05) is 19.8 Å². The van der Waals surface area contributed by atoms with E-state index in [1.165, 1.54) is 12.8 Å². The van der Waals surface area contributed by atoms with Crippen molar-refractivity contribution >= 4 is 11.6 Å². The quantitative estimate of drug-likeness (QED) is 0.727. The molecule has 14 heavy (non-hydrogen) atoms. The van der Waals surface area contributed by atoms with E-state index in [2.05, 4.69) is 17.1 Å². The van der Waals surface area contributed by atoms with Crippen LogP contribution < -0.4 is 0 Å². The summed E-state index contributed by atoms with van der Waals surface area (Å²) in [6.45, 7) is 2.21. The van der Waals surface area contributed by atoms with Gasteiger partial charge in [0.15, 0.2) is 0 Å². The van der Waals surface area contributed by atoms with E-state index in [9.17, 15) is 0 Å². The highest BCUT2D eigenvalue weighted by atomic mass is 35.5. The second-order valence-corrected chi connectivity index (χ2v) is 4.59. The highest BCUT2D eigenvalue weighted by Gasteiger charge is 2.35. The zero-order chi connectivity index (χ0) is 10.0. The Hall–Kier alpha value is -0.570. The summed E-state index contributed by atoms with van der Waals surface area (Å²) in [5, 5.41) is 8.11. The van der Waals surface area contributed by atoms with Crippen molar-refractivity contribution in [1.29, 1.82) is 0 Å². The molecule has 4 heteroatoms. The van der Waals surface area contributed by atoms with Gasteiger partial charge in [-0.3, -0.25) is 0 Å². The smallest absolute Gasteiger partial charge is 0.222 e. The third-order valence-corrected chi connectivity index (χ3v) is 3.19. The Labute approximate surface area is 88.9 Å². The van der Waals surface area contributed by atoms with E-state index >= 15 is 0 Å². The monoisotopic (exact) mass is 214 g/mol. The molecule has 0 radical (unpaired) electrons. The van der Waals surface area contributed by atoms with Gasteiger partial charge in [0, 0.05) is 17.7 Å². The standard InChI is InChI=1S/C10H15ClN2O/c1-10(5-2-3-6-10)9-13-12-8(14-9)4-7-11/h2-7H2,1H3. The Morgan fingerprint density at radius 1 is 1.36 bits per heavy atom. The molecule has 78 valence electrons. The van der Waals surface area contributed by atoms with Gasteiger partial charge in [-0.2, -0.15) is 0 Å². The highest BCUT2D eigenvalue weighted by Crippen LogP contribution is 2.39. The fourth-order valence-electron chi connectivity index (χ4n) is 2.05. The molecule has 0 atom stereocenters. The van der Waals surface area contributed by atoms with Crippen LogP contribution >= 0.6 is 11.6 Å². The van der Waals surface area contributed by atoms with Gasteiger partial charge in [-0.15, -0.1) is 21.8 Å². The fraction of sp³-hybridized carbons (Fsp3) is 0.800. The van der Waals surface area contributed by atoms with Crippen LogP contribution in [-0.2, 0) is 11.8 Å². The molecule has 1 aliphatic rings. The number of halogens is 1. The third kappa shape index (κ3) is 1.78. The lowest BCUT2D eigenvalue weighted by atomic mass is 9.89. The topological polar surface area (TPSA) is 38.9 Å². The van der Waals surface area contributed by atoms with Crippen LogP contribution in [0.5, 0.6) is 0 Å². The summed E-state index contributed by atoms with van der Waals surface area (Å²) in [7, 11) is 0. The molecule has 1 aromatic rings. The Morgan fingerprint density at radius 3 is 2.71 bits per heavy atom. The average molecular weight is 215 g/mol. The van der Waals surface area contributed by atoms with Gasteiger partial charge in [0.2, 0.25) is 11.8 Å². The summed E-state index contributed by atoms with van der Waals surface area (Å²) in [6, 6.07) is 0. The van der Waals surface area contributed by atoms with E-state index in [4.69, 9.17) is 16.0 Å². The van der Waals surface area contributed by atoms with E-state index in [1.54, 1.807) is 0 Å². The van der Waals surface area contributed by atoms with Crippen LogP contribution in [0.25, 0.3) is 0 Å². The number of hydrogen-bond donors (Lipinski definition) is 0. The second kappa shape index (κ2) is 3.89. The van der Waals surface area contributed by atoms with Crippen LogP contribution in [0.4, 0.5) is 0 Å². The second-order valence-electron chi connectivity index (χ2n) is 4.21. The molecule has 0 N–H and O–H groups in total. The number of aromatic nitrogens is 2. The molecule has 1 fully saturated rings. The van der Waals surface area contributed by atoms with E-state index < -0.39 is 0 Å². The molecule has 0 unspecified atom stereocenters. The lowest BCUT2D eigenvalue weighted by Gasteiger charge is -2.17. The van der Waals surface area contributed by atoms with Gasteiger partial charge in [0.05, 0.1) is 0 Å². The molecule has 0 aliphatic heterocycles. The van der Waals surface area contributed by atoms with Crippen LogP contribution in [0, 0.1) is 0 Å². The Bertz CT molecular complexity index is 305. The van der Waals surface area contributed by atoms with Crippen molar-refractivity contribution in [1.82, 2.24) is 10.2 Å². The lowest BCUT2D eigenvalue weighted by Crippen LogP contribution is -2.17. The van der Waals surface area contributed by atoms with Gasteiger partial charge < -0.3 is 4.42 Å². The van der Waals surface area contributed by atoms with Crippen LogP contribution in [0.1, 0.15) is 44.4 Å². The maximum atomic E-state index is 5.61. The summed E-state index contributed by atoms with van der Waals surface area (Å²) >= 11 is 5.61. The Kier molecular flexibility index (Phi) is 2.77. The molecule has 2 rings (SSSR count). The average Bonchev–Trinajstić information content (AvgIpc) is 2.75. The minimum absolute atomic E-state index is 0.123. The van der Waals surface area contributed by atoms with Crippen LogP contribution in [0.3, 0.4) is 0 Å². The molecule has 3 nitrogen and oxygen atoms in total. The zero-order valence-electron chi connectivity index (χ0n) is 8.42. The third-order valence-electron chi connectivity index (χ3n) is 3.00. The SMILES string of the molecule is CC1(c2nnc(CCCl)o2)CCCC1. The molecule has 0 saturated heterocycles. The van der Waals surface area contributed by atoms with Gasteiger partial charge in [-0.05, 0) is 12.8 Å². The largest absolute Gasteiger partial charge is 0.425 e. The van der Waals surface area contributed by atoms with Crippen molar-refractivity contribution < 1.29 is 4.42 Å². The minimum Gasteiger partial charge on any atom is -0.425 e. The highest BCUT2D eigenvalue weighted by molar-refractivity contribution is 6.17. The first-order valence-electron chi connectivity index (χ1n) is 5.13. The predicted octanol–water partition coefficient (Wildman–Crippen LogP) is 2.68. The number of hydrogen-bond acceptors (Lipinski definition) is 3. The zero-order valence-corrected chi connectivity index (χ0v) is 9.18. The molecule has 1 heterocycles. The van der Waals surface area contributed by atoms with Crippen molar-refractivity contribution in [2.75, 3.05) is 5.88 Å². The van der Waals surface area contributed by atoms with Gasteiger partial charge >= 0.3 is 0 Å². The van der Waals surface area contributed by atoms with Gasteiger partial charge in [-0.25, -0.2) is 0 Å². The molecule has 1 saturated carbocycles. The van der Waals surface area contributed by atoms with E-state index in [-0.39, 0.29) is 5.41 Å². The van der Waals surface area contributed by atoms with Crippen molar-refractivity contribution in [2.24, 2.45) is 0 Å². The predicted molar refractivity (Wildman–Crippen MR) is 54.5 cm³/mol. The maximum Gasteiger partial charge on any atom is 0.222 e. The summed E-state index contributed by atoms with van der Waals surface area (Å²) < 4.78 is 5.60. The Morgan fingerprint density at radius 2 is 2.07 bits per heavy atom. The van der Waals surface area contributed by atoms with E-state index in [0.717, 1.165) is 18.7 Å². The molecular weight excluding hydrogens is 200 g/mol. The first kappa shape index (κ1) is 9.97. The first-order valence-corrected chi connectivity index (χ1v) is 5.67. The number of alkyl halides is 1. The maximum absolute atomic E-state index is 5.61. The van der Waals surface area contributed by atoms with E-state index in [0.29, 0.717) is 18.2 Å². The van der Waals surface area contributed by atoms with Gasteiger partial charge in [0.1, 0.15) is 0 Å². The Balaban J connectivity index is 2.15. The molecule has 0 aromatic carbocycles. The molecule has 1 aromatic heterocycles. The molecule has 0 amide bonds. The van der Waals surface area contributed by atoms with Gasteiger partial charge in [0.25, 0.3) is 0 Å². The van der Waals surface area contributed by atoms with Crippen molar-refractivity contribution in [2.45, 2.75) is 44.4 Å². The number of rotatable bonds is 3. The lowest BCUT2D eigenvalue weighted by molar-refractivity contribution is 0.338. The summed E-state index contributed by atoms with van der Waals surface area (Å²) in [5.74, 6) is 2.01. The molecule has 0 bridgehead atoms. The molecule has 1 aliphatic carbocycles. The molecular formula is C10H15ClN2O. The van der Waals surface area contributed by atoms with Crippen LogP contribution in [0.15, 0.2) is 4.42 Å². The van der Waals surface area contributed by atoms with Crippen molar-refractivity contribution in [3.8, 4) is 0 Å². The van der Waals surface area contributed by atoms with E-state index in [1.807, 2.05) is 0 Å². The summed E-state index contributed by atoms with van der Waals surface area (Å²) in [4.78, 5) is 0. The summed E-state index contributed by atoms with van der Waals surface area (Å²) in [5.41, 5.74) is 0.123. The fourth-order valence-corrected chi connectivity index (χ4v) is 2.21. The minimum atomic E-state index is 0.123. The summed E-state index contributed by atoms with van der Waals surface area (Å²) in [6.07, 6.45) is 5.53. The van der Waals surface area contributed by atoms with Crippen LogP contribution in [-0.4, -0.2) is 16.1 Å².